The number of thiazole rings is 1. The Kier molecular flexibility index (Phi) is 6.14. The number of hydrogen-bond donors (Lipinski definition) is 1. The largest absolute Gasteiger partial charge is 0.316 e. The first-order valence-corrected chi connectivity index (χ1v) is 6.14. The Labute approximate surface area is 106 Å². The van der Waals surface area contributed by atoms with Crippen molar-refractivity contribution in [1.82, 2.24) is 10.3 Å². The monoisotopic (exact) mass is 248 g/mol. The lowest BCUT2D eigenvalue weighted by Crippen LogP contribution is -2.04. The highest BCUT2D eigenvalue weighted by Gasteiger charge is 1.92. The summed E-state index contributed by atoms with van der Waals surface area (Å²) in [6.45, 7) is 2.88. The molecule has 0 aliphatic carbocycles. The lowest BCUT2D eigenvalue weighted by Gasteiger charge is -1.95. The first-order valence-electron chi connectivity index (χ1n) is 5.32. The average molecular weight is 248 g/mol. The molecule has 0 spiro atoms. The first-order chi connectivity index (χ1) is 8.26. The van der Waals surface area contributed by atoms with E-state index in [0.717, 1.165) is 17.7 Å². The van der Waals surface area contributed by atoms with Crippen molar-refractivity contribution in [1.29, 1.82) is 0 Å². The zero-order valence-corrected chi connectivity index (χ0v) is 10.8. The highest BCUT2D eigenvalue weighted by atomic mass is 32.1. The van der Waals surface area contributed by atoms with Crippen molar-refractivity contribution in [2.45, 2.75) is 13.5 Å². The fraction of sp³-hybridized carbons (Fsp3) is 0.231. The number of nitrogens with zero attached hydrogens (tertiary/aromatic N) is 1. The summed E-state index contributed by atoms with van der Waals surface area (Å²) < 4.78 is 0. The molecule has 4 heteroatoms. The summed E-state index contributed by atoms with van der Waals surface area (Å²) in [5.41, 5.74) is 1.33. The van der Waals surface area contributed by atoms with Gasteiger partial charge in [-0.05, 0) is 19.5 Å². The molecule has 2 rings (SSSR count). The van der Waals surface area contributed by atoms with Crippen molar-refractivity contribution in [3.05, 3.63) is 52.0 Å². The predicted octanol–water partition coefficient (Wildman–Crippen LogP) is 2.67. The Bertz CT molecular complexity index is 440. The van der Waals surface area contributed by atoms with Gasteiger partial charge in [-0.1, -0.05) is 30.3 Å². The fourth-order valence-electron chi connectivity index (χ4n) is 1.23. The van der Waals surface area contributed by atoms with E-state index in [4.69, 9.17) is 0 Å². The molecule has 0 saturated carbocycles. The summed E-state index contributed by atoms with van der Waals surface area (Å²) in [7, 11) is 1.95. The molecular formula is C13H16N2OS. The Morgan fingerprint density at radius 2 is 2.06 bits per heavy atom. The number of aldehydes is 1. The summed E-state index contributed by atoms with van der Waals surface area (Å²) in [4.78, 5) is 14.8. The molecule has 0 fully saturated rings. The van der Waals surface area contributed by atoms with Crippen LogP contribution < -0.4 is 5.32 Å². The fourth-order valence-corrected chi connectivity index (χ4v) is 1.82. The van der Waals surface area contributed by atoms with E-state index in [2.05, 4.69) is 22.4 Å². The van der Waals surface area contributed by atoms with Gasteiger partial charge in [-0.15, -0.1) is 11.3 Å². The van der Waals surface area contributed by atoms with Gasteiger partial charge in [0.15, 0.2) is 11.3 Å². The number of benzene rings is 1. The number of nitrogens with one attached hydrogen (secondary N) is 1. The smallest absolute Gasteiger partial charge is 0.178 e. The van der Waals surface area contributed by atoms with E-state index < -0.39 is 0 Å². The van der Waals surface area contributed by atoms with Crippen LogP contribution in [-0.4, -0.2) is 18.3 Å². The van der Waals surface area contributed by atoms with Gasteiger partial charge in [-0.3, -0.25) is 4.79 Å². The molecule has 1 aromatic carbocycles. The summed E-state index contributed by atoms with van der Waals surface area (Å²) in [6.07, 6.45) is 2.45. The van der Waals surface area contributed by atoms with Gasteiger partial charge in [0.2, 0.25) is 0 Å². The molecule has 2 aromatic rings. The molecule has 1 aromatic heterocycles. The highest BCUT2D eigenvalue weighted by molar-refractivity contribution is 7.13. The number of aryl methyl sites for hydroxylation is 1. The molecule has 0 aliphatic rings. The maximum atomic E-state index is 9.97. The van der Waals surface area contributed by atoms with Gasteiger partial charge in [0.05, 0.1) is 0 Å². The molecule has 0 amide bonds. The van der Waals surface area contributed by atoms with Crippen LogP contribution >= 0.6 is 11.3 Å². The van der Waals surface area contributed by atoms with E-state index in [-0.39, 0.29) is 0 Å². The first kappa shape index (κ1) is 13.5. The Morgan fingerprint density at radius 1 is 1.35 bits per heavy atom. The van der Waals surface area contributed by atoms with Crippen molar-refractivity contribution in [2.75, 3.05) is 7.05 Å². The molecule has 0 atom stereocenters. The minimum atomic E-state index is 0.558. The Balaban J connectivity index is 0.000000171. The molecule has 0 aliphatic heterocycles. The zero-order valence-electron chi connectivity index (χ0n) is 10.0. The second-order valence-electron chi connectivity index (χ2n) is 3.44. The summed E-state index contributed by atoms with van der Waals surface area (Å²) >= 11 is 1.41. The van der Waals surface area contributed by atoms with E-state index >= 15 is 0 Å². The maximum Gasteiger partial charge on any atom is 0.178 e. The normalized spacial score (nSPS) is 9.29. The molecule has 1 heterocycles. The maximum absolute atomic E-state index is 9.97. The molecule has 0 unspecified atom stereocenters. The van der Waals surface area contributed by atoms with Crippen LogP contribution in [0, 0.1) is 6.92 Å². The number of aromatic nitrogens is 1. The predicted molar refractivity (Wildman–Crippen MR) is 71.4 cm³/mol. The van der Waals surface area contributed by atoms with Crippen LogP contribution in [0.3, 0.4) is 0 Å². The minimum Gasteiger partial charge on any atom is -0.316 e. The van der Waals surface area contributed by atoms with E-state index in [0.29, 0.717) is 5.01 Å². The molecule has 0 radical (unpaired) electrons. The second-order valence-corrected chi connectivity index (χ2v) is 4.71. The van der Waals surface area contributed by atoms with Crippen LogP contribution in [0.15, 0.2) is 36.5 Å². The van der Waals surface area contributed by atoms with Gasteiger partial charge in [0, 0.05) is 17.6 Å². The van der Waals surface area contributed by atoms with Crippen molar-refractivity contribution in [2.24, 2.45) is 0 Å². The Morgan fingerprint density at radius 3 is 2.47 bits per heavy atom. The highest BCUT2D eigenvalue weighted by Crippen LogP contribution is 2.07. The molecular weight excluding hydrogens is 232 g/mol. The van der Waals surface area contributed by atoms with Crippen molar-refractivity contribution < 1.29 is 4.79 Å². The van der Waals surface area contributed by atoms with Gasteiger partial charge in [-0.2, -0.15) is 0 Å². The van der Waals surface area contributed by atoms with Crippen LogP contribution in [0.4, 0.5) is 0 Å². The van der Waals surface area contributed by atoms with Crippen molar-refractivity contribution in [3.8, 4) is 0 Å². The van der Waals surface area contributed by atoms with Crippen LogP contribution in [0.5, 0.6) is 0 Å². The molecule has 0 bridgehead atoms. The van der Waals surface area contributed by atoms with Gasteiger partial charge in [0.1, 0.15) is 0 Å². The van der Waals surface area contributed by atoms with Crippen molar-refractivity contribution in [3.63, 3.8) is 0 Å². The quantitative estimate of drug-likeness (QED) is 0.849. The van der Waals surface area contributed by atoms with E-state index in [1.165, 1.54) is 16.9 Å². The molecule has 90 valence electrons. The van der Waals surface area contributed by atoms with Crippen LogP contribution in [0.1, 0.15) is 20.2 Å². The van der Waals surface area contributed by atoms with Crippen LogP contribution in [-0.2, 0) is 6.54 Å². The molecule has 3 nitrogen and oxygen atoms in total. The third-order valence-corrected chi connectivity index (χ3v) is 2.80. The third kappa shape index (κ3) is 5.38. The number of carbonyl (C=O) groups excluding carboxylic acids is 1. The standard InChI is InChI=1S/C8H11N.C5H5NOS/c1-9-7-8-5-3-2-4-6-8;1-4-2-6-5(3-7)8-4/h2-6,9H,7H2,1H3;2-3H,1H3. The molecule has 1 N–H and O–H groups in total. The molecule has 0 saturated heterocycles. The number of rotatable bonds is 3. The SMILES string of the molecule is CNCc1ccccc1.Cc1cnc(C=O)s1. The van der Waals surface area contributed by atoms with E-state index in [1.54, 1.807) is 6.20 Å². The zero-order chi connectivity index (χ0) is 12.5. The average Bonchev–Trinajstić information content (AvgIpc) is 2.78. The summed E-state index contributed by atoms with van der Waals surface area (Å²) in [6, 6.07) is 10.3. The van der Waals surface area contributed by atoms with Gasteiger partial charge in [-0.25, -0.2) is 4.98 Å². The Hall–Kier alpha value is -1.52. The summed E-state index contributed by atoms with van der Waals surface area (Å²) in [5.74, 6) is 0. The topological polar surface area (TPSA) is 42.0 Å². The van der Waals surface area contributed by atoms with Crippen LogP contribution in [0.2, 0.25) is 0 Å². The minimum absolute atomic E-state index is 0.558. The number of hydrogen-bond acceptors (Lipinski definition) is 4. The van der Waals surface area contributed by atoms with E-state index in [9.17, 15) is 4.79 Å². The van der Waals surface area contributed by atoms with Crippen LogP contribution in [0.25, 0.3) is 0 Å². The van der Waals surface area contributed by atoms with E-state index in [1.807, 2.05) is 32.2 Å². The van der Waals surface area contributed by atoms with Gasteiger partial charge in [0.25, 0.3) is 0 Å². The molecule has 17 heavy (non-hydrogen) atoms. The lowest BCUT2D eigenvalue weighted by molar-refractivity contribution is 0.112. The number of carbonyl (C=O) groups is 1. The summed E-state index contributed by atoms with van der Waals surface area (Å²) in [5, 5.41) is 3.64. The third-order valence-electron chi connectivity index (χ3n) is 1.96. The van der Waals surface area contributed by atoms with Gasteiger partial charge < -0.3 is 5.32 Å². The lowest BCUT2D eigenvalue weighted by atomic mass is 10.2. The van der Waals surface area contributed by atoms with Gasteiger partial charge >= 0.3 is 0 Å². The van der Waals surface area contributed by atoms with Crippen molar-refractivity contribution >= 4 is 17.6 Å². The second kappa shape index (κ2) is 7.70.